The molecule has 0 saturated carbocycles. The van der Waals surface area contributed by atoms with Gasteiger partial charge in [0.15, 0.2) is 0 Å². The average Bonchev–Trinajstić information content (AvgIpc) is 2.71. The molecule has 0 aromatic heterocycles. The molecule has 2 aromatic rings. The predicted molar refractivity (Wildman–Crippen MR) is 116 cm³/mol. The number of amides is 1. The highest BCUT2D eigenvalue weighted by Crippen LogP contribution is 2.22. The van der Waals surface area contributed by atoms with Gasteiger partial charge in [0.1, 0.15) is 0 Å². The lowest BCUT2D eigenvalue weighted by atomic mass is 10.1. The number of hydrogen-bond acceptors (Lipinski definition) is 3. The smallest absolute Gasteiger partial charge is 0.251 e. The van der Waals surface area contributed by atoms with Crippen molar-refractivity contribution >= 4 is 41.3 Å². The molecule has 28 heavy (non-hydrogen) atoms. The second-order valence-corrected chi connectivity index (χ2v) is 7.53. The van der Waals surface area contributed by atoms with Gasteiger partial charge in [-0.3, -0.25) is 9.69 Å². The van der Waals surface area contributed by atoms with Crippen LogP contribution in [0.15, 0.2) is 42.5 Å². The third-order valence-electron chi connectivity index (χ3n) is 4.63. The molecule has 1 amide bonds. The van der Waals surface area contributed by atoms with E-state index in [4.69, 9.17) is 27.9 Å². The van der Waals surface area contributed by atoms with E-state index in [-0.39, 0.29) is 5.91 Å². The summed E-state index contributed by atoms with van der Waals surface area (Å²) in [6, 6.07) is 12.9. The van der Waals surface area contributed by atoms with Crippen LogP contribution in [0.5, 0.6) is 0 Å². The topological polar surface area (TPSA) is 41.6 Å². The number of carbonyl (C=O) groups excluding carboxylic acids is 1. The Kier molecular flexibility index (Phi) is 7.92. The molecule has 1 saturated heterocycles. The van der Waals surface area contributed by atoms with Crippen molar-refractivity contribution in [3.05, 3.63) is 69.2 Å². The van der Waals surface area contributed by atoms with Crippen molar-refractivity contribution in [3.8, 4) is 0 Å². The molecule has 1 fully saturated rings. The van der Waals surface area contributed by atoms with E-state index in [0.717, 1.165) is 50.4 Å². The highest BCUT2D eigenvalue weighted by atomic mass is 35.5. The van der Waals surface area contributed by atoms with E-state index < -0.39 is 0 Å². The second-order valence-electron chi connectivity index (χ2n) is 6.68. The minimum Gasteiger partial charge on any atom is -0.379 e. The fraction of sp³-hybridized carbons (Fsp3) is 0.318. The summed E-state index contributed by atoms with van der Waals surface area (Å²) in [6.07, 6.45) is 4.83. The van der Waals surface area contributed by atoms with Gasteiger partial charge in [0, 0.05) is 35.2 Å². The number of hydrogen-bond donors (Lipinski definition) is 1. The summed E-state index contributed by atoms with van der Waals surface area (Å²) in [6.45, 7) is 5.22. The van der Waals surface area contributed by atoms with E-state index in [9.17, 15) is 4.79 Å². The van der Waals surface area contributed by atoms with E-state index in [1.54, 1.807) is 12.1 Å². The number of ether oxygens (including phenoxy) is 1. The largest absolute Gasteiger partial charge is 0.379 e. The van der Waals surface area contributed by atoms with Crippen molar-refractivity contribution in [3.63, 3.8) is 0 Å². The van der Waals surface area contributed by atoms with Crippen LogP contribution in [0.25, 0.3) is 12.2 Å². The average molecular weight is 419 g/mol. The summed E-state index contributed by atoms with van der Waals surface area (Å²) < 4.78 is 5.34. The summed E-state index contributed by atoms with van der Waals surface area (Å²) in [4.78, 5) is 14.6. The van der Waals surface area contributed by atoms with E-state index in [0.29, 0.717) is 22.2 Å². The van der Waals surface area contributed by atoms with Gasteiger partial charge >= 0.3 is 0 Å². The zero-order valence-electron chi connectivity index (χ0n) is 15.7. The quantitative estimate of drug-likeness (QED) is 0.526. The van der Waals surface area contributed by atoms with Gasteiger partial charge in [-0.2, -0.15) is 0 Å². The molecular formula is C22H24Cl2N2O2. The lowest BCUT2D eigenvalue weighted by Crippen LogP contribution is -2.38. The minimum atomic E-state index is -0.0433. The van der Waals surface area contributed by atoms with Gasteiger partial charge in [-0.25, -0.2) is 0 Å². The first-order valence-electron chi connectivity index (χ1n) is 9.43. The van der Waals surface area contributed by atoms with Gasteiger partial charge in [0.25, 0.3) is 5.91 Å². The van der Waals surface area contributed by atoms with Crippen LogP contribution in [-0.4, -0.2) is 50.2 Å². The van der Waals surface area contributed by atoms with Gasteiger partial charge in [-0.1, -0.05) is 53.6 Å². The number of morpholine rings is 1. The van der Waals surface area contributed by atoms with Crippen molar-refractivity contribution in [2.75, 3.05) is 39.4 Å². The third kappa shape index (κ3) is 6.35. The van der Waals surface area contributed by atoms with E-state index in [1.807, 2.05) is 42.5 Å². The van der Waals surface area contributed by atoms with Crippen molar-refractivity contribution in [2.45, 2.75) is 6.42 Å². The predicted octanol–water partition coefficient (Wildman–Crippen LogP) is 4.62. The molecule has 4 nitrogen and oxygen atoms in total. The highest BCUT2D eigenvalue weighted by molar-refractivity contribution is 6.35. The van der Waals surface area contributed by atoms with E-state index >= 15 is 0 Å². The maximum absolute atomic E-state index is 12.3. The highest BCUT2D eigenvalue weighted by Gasteiger charge is 2.10. The van der Waals surface area contributed by atoms with Crippen LogP contribution in [0.3, 0.4) is 0 Å². The summed E-state index contributed by atoms with van der Waals surface area (Å²) in [7, 11) is 0. The monoisotopic (exact) mass is 418 g/mol. The molecule has 1 N–H and O–H groups in total. The Balaban J connectivity index is 1.46. The third-order valence-corrected chi connectivity index (χ3v) is 5.19. The molecule has 6 heteroatoms. The zero-order chi connectivity index (χ0) is 19.8. The molecule has 1 aliphatic rings. The Morgan fingerprint density at radius 3 is 2.54 bits per heavy atom. The number of nitrogens with one attached hydrogen (secondary N) is 1. The van der Waals surface area contributed by atoms with Crippen LogP contribution < -0.4 is 5.32 Å². The molecule has 0 spiro atoms. The fourth-order valence-electron chi connectivity index (χ4n) is 3.00. The first kappa shape index (κ1) is 20.9. The zero-order valence-corrected chi connectivity index (χ0v) is 17.2. The number of benzene rings is 2. The summed E-state index contributed by atoms with van der Waals surface area (Å²) >= 11 is 12.1. The Morgan fingerprint density at radius 1 is 1.07 bits per heavy atom. The second kappa shape index (κ2) is 10.6. The van der Waals surface area contributed by atoms with Crippen LogP contribution in [0.2, 0.25) is 10.0 Å². The molecule has 1 heterocycles. The Morgan fingerprint density at radius 2 is 1.82 bits per heavy atom. The summed E-state index contributed by atoms with van der Waals surface area (Å²) in [5.41, 5.74) is 2.55. The number of rotatable bonds is 7. The molecule has 0 atom stereocenters. The van der Waals surface area contributed by atoms with Crippen LogP contribution in [-0.2, 0) is 4.74 Å². The van der Waals surface area contributed by atoms with Gasteiger partial charge in [0.05, 0.1) is 13.2 Å². The number of carbonyl (C=O) groups is 1. The Hall–Kier alpha value is -1.85. The van der Waals surface area contributed by atoms with Crippen LogP contribution >= 0.6 is 23.2 Å². The van der Waals surface area contributed by atoms with E-state index in [2.05, 4.69) is 10.2 Å². The molecule has 0 aliphatic carbocycles. The summed E-state index contributed by atoms with van der Waals surface area (Å²) in [5, 5.41) is 4.21. The first-order valence-corrected chi connectivity index (χ1v) is 10.2. The lowest BCUT2D eigenvalue weighted by Gasteiger charge is -2.26. The van der Waals surface area contributed by atoms with Crippen molar-refractivity contribution in [1.82, 2.24) is 10.2 Å². The van der Waals surface area contributed by atoms with Gasteiger partial charge < -0.3 is 10.1 Å². The van der Waals surface area contributed by atoms with Crippen LogP contribution in [0.1, 0.15) is 27.9 Å². The lowest BCUT2D eigenvalue weighted by molar-refractivity contribution is 0.0374. The molecule has 0 unspecified atom stereocenters. The maximum Gasteiger partial charge on any atom is 0.251 e. The standard InChI is InChI=1S/C22H24Cl2N2O2/c23-20-9-8-18(21(24)16-20)5-2-17-3-6-19(7-4-17)22(27)25-10-1-11-26-12-14-28-15-13-26/h2-9,16H,1,10-15H2,(H,25,27)/b5-2+. The van der Waals surface area contributed by atoms with Gasteiger partial charge in [0.2, 0.25) is 0 Å². The van der Waals surface area contributed by atoms with Crippen molar-refractivity contribution in [2.24, 2.45) is 0 Å². The number of halogens is 2. The van der Waals surface area contributed by atoms with Gasteiger partial charge in [-0.05, 0) is 48.4 Å². The SMILES string of the molecule is O=C(NCCCN1CCOCC1)c1ccc(/C=C/c2ccc(Cl)cc2Cl)cc1. The van der Waals surface area contributed by atoms with Crippen LogP contribution in [0.4, 0.5) is 0 Å². The first-order chi connectivity index (χ1) is 13.6. The maximum atomic E-state index is 12.3. The summed E-state index contributed by atoms with van der Waals surface area (Å²) in [5.74, 6) is -0.0433. The molecule has 1 aliphatic heterocycles. The molecular weight excluding hydrogens is 395 g/mol. The minimum absolute atomic E-state index is 0.0433. The molecule has 3 rings (SSSR count). The molecule has 0 bridgehead atoms. The van der Waals surface area contributed by atoms with Crippen molar-refractivity contribution < 1.29 is 9.53 Å². The number of nitrogens with zero attached hydrogens (tertiary/aromatic N) is 1. The molecule has 0 radical (unpaired) electrons. The Bertz CT molecular complexity index is 816. The van der Waals surface area contributed by atoms with Gasteiger partial charge in [-0.15, -0.1) is 0 Å². The fourth-order valence-corrected chi connectivity index (χ4v) is 3.47. The molecule has 2 aromatic carbocycles. The Labute approximate surface area is 176 Å². The normalized spacial score (nSPS) is 15.1. The molecule has 148 valence electrons. The van der Waals surface area contributed by atoms with Crippen molar-refractivity contribution in [1.29, 1.82) is 0 Å². The van der Waals surface area contributed by atoms with E-state index in [1.165, 1.54) is 0 Å². The van der Waals surface area contributed by atoms with Crippen LogP contribution in [0, 0.1) is 0 Å².